The van der Waals surface area contributed by atoms with Crippen molar-refractivity contribution in [3.8, 4) is 16.9 Å². The van der Waals surface area contributed by atoms with Crippen LogP contribution in [0.3, 0.4) is 0 Å². The highest BCUT2D eigenvalue weighted by molar-refractivity contribution is 5.65. The maximum atomic E-state index is 14.1. The summed E-state index contributed by atoms with van der Waals surface area (Å²) in [5.41, 5.74) is 2.56. The molecule has 0 atom stereocenters. The lowest BCUT2D eigenvalue weighted by Crippen LogP contribution is -2.16. The minimum Gasteiger partial charge on any atom is -0.497 e. The van der Waals surface area contributed by atoms with Crippen molar-refractivity contribution >= 4 is 0 Å². The summed E-state index contributed by atoms with van der Waals surface area (Å²) in [5.74, 6) is 0.626. The average molecular weight is 271 g/mol. The first-order valence-electron chi connectivity index (χ1n) is 6.92. The highest BCUT2D eigenvalue weighted by atomic mass is 19.1. The Morgan fingerprint density at radius 3 is 2.65 bits per heavy atom. The summed E-state index contributed by atoms with van der Waals surface area (Å²) in [7, 11) is 1.63. The van der Waals surface area contributed by atoms with Gasteiger partial charge in [-0.3, -0.25) is 0 Å². The Morgan fingerprint density at radius 2 is 1.95 bits per heavy atom. The summed E-state index contributed by atoms with van der Waals surface area (Å²) in [6.45, 7) is 0.606. The molecule has 0 saturated heterocycles. The predicted octanol–water partition coefficient (Wildman–Crippen LogP) is 3.75. The van der Waals surface area contributed by atoms with E-state index in [1.54, 1.807) is 13.2 Å². The molecule has 0 unspecified atom stereocenters. The Bertz CT molecular complexity index is 608. The monoisotopic (exact) mass is 271 g/mol. The maximum absolute atomic E-state index is 14.1. The summed E-state index contributed by atoms with van der Waals surface area (Å²) in [5, 5.41) is 3.33. The molecular formula is C17H18FNO. The lowest BCUT2D eigenvalue weighted by atomic mass is 10.0. The van der Waals surface area contributed by atoms with Gasteiger partial charge in [-0.1, -0.05) is 24.3 Å². The summed E-state index contributed by atoms with van der Waals surface area (Å²) in [4.78, 5) is 0. The van der Waals surface area contributed by atoms with E-state index in [-0.39, 0.29) is 5.82 Å². The van der Waals surface area contributed by atoms with Gasteiger partial charge in [0.1, 0.15) is 11.6 Å². The van der Waals surface area contributed by atoms with Crippen LogP contribution in [0.15, 0.2) is 42.5 Å². The normalized spacial score (nSPS) is 14.3. The van der Waals surface area contributed by atoms with Crippen molar-refractivity contribution in [2.45, 2.75) is 25.4 Å². The van der Waals surface area contributed by atoms with Crippen molar-refractivity contribution in [3.05, 3.63) is 53.8 Å². The molecule has 0 spiro atoms. The molecule has 0 heterocycles. The molecule has 1 fully saturated rings. The quantitative estimate of drug-likeness (QED) is 0.894. The van der Waals surface area contributed by atoms with Gasteiger partial charge in [0.2, 0.25) is 0 Å². The van der Waals surface area contributed by atoms with Gasteiger partial charge in [0.05, 0.1) is 7.11 Å². The van der Waals surface area contributed by atoms with E-state index in [1.165, 1.54) is 12.8 Å². The van der Waals surface area contributed by atoms with E-state index in [0.29, 0.717) is 12.6 Å². The molecule has 0 amide bonds. The first-order chi connectivity index (χ1) is 9.76. The van der Waals surface area contributed by atoms with E-state index in [4.69, 9.17) is 4.74 Å². The lowest BCUT2D eigenvalue weighted by molar-refractivity contribution is 0.415. The van der Waals surface area contributed by atoms with E-state index in [2.05, 4.69) is 5.32 Å². The van der Waals surface area contributed by atoms with Crippen LogP contribution < -0.4 is 10.1 Å². The number of hydrogen-bond donors (Lipinski definition) is 1. The molecule has 1 aliphatic carbocycles. The van der Waals surface area contributed by atoms with E-state index >= 15 is 0 Å². The second-order valence-corrected chi connectivity index (χ2v) is 5.19. The standard InChI is InChI=1S/C17H18FNO/c1-20-16-4-2-3-12(9-16)13-5-6-14(17(18)10-13)11-19-15-7-8-15/h2-6,9-10,15,19H,7-8,11H2,1H3. The van der Waals surface area contributed by atoms with Crippen LogP contribution in [0.25, 0.3) is 11.1 Å². The second-order valence-electron chi connectivity index (χ2n) is 5.19. The molecule has 2 nitrogen and oxygen atoms in total. The third-order valence-corrected chi connectivity index (χ3v) is 3.61. The Balaban J connectivity index is 1.80. The smallest absolute Gasteiger partial charge is 0.128 e. The van der Waals surface area contributed by atoms with Crippen molar-refractivity contribution in [3.63, 3.8) is 0 Å². The molecular weight excluding hydrogens is 253 g/mol. The fraction of sp³-hybridized carbons (Fsp3) is 0.294. The van der Waals surface area contributed by atoms with Crippen LogP contribution in [-0.4, -0.2) is 13.2 Å². The Hall–Kier alpha value is -1.87. The molecule has 2 aromatic carbocycles. The van der Waals surface area contributed by atoms with Crippen molar-refractivity contribution in [1.82, 2.24) is 5.32 Å². The van der Waals surface area contributed by atoms with Gasteiger partial charge in [0.25, 0.3) is 0 Å². The fourth-order valence-electron chi connectivity index (χ4n) is 2.21. The molecule has 104 valence electrons. The van der Waals surface area contributed by atoms with Gasteiger partial charge in [-0.15, -0.1) is 0 Å². The average Bonchev–Trinajstić information content (AvgIpc) is 3.30. The lowest BCUT2D eigenvalue weighted by Gasteiger charge is -2.08. The van der Waals surface area contributed by atoms with Gasteiger partial charge >= 0.3 is 0 Å². The summed E-state index contributed by atoms with van der Waals surface area (Å²) in [6.07, 6.45) is 2.42. The van der Waals surface area contributed by atoms with Crippen LogP contribution in [0.1, 0.15) is 18.4 Å². The molecule has 0 bridgehead atoms. The molecule has 3 rings (SSSR count). The van der Waals surface area contributed by atoms with E-state index in [0.717, 1.165) is 22.4 Å². The van der Waals surface area contributed by atoms with Crippen LogP contribution in [0.4, 0.5) is 4.39 Å². The highest BCUT2D eigenvalue weighted by Crippen LogP contribution is 2.26. The number of nitrogens with one attached hydrogen (secondary N) is 1. The van der Waals surface area contributed by atoms with Crippen LogP contribution in [0, 0.1) is 5.82 Å². The van der Waals surface area contributed by atoms with Crippen LogP contribution in [0.5, 0.6) is 5.75 Å². The van der Waals surface area contributed by atoms with Crippen molar-refractivity contribution in [2.24, 2.45) is 0 Å². The van der Waals surface area contributed by atoms with Crippen molar-refractivity contribution < 1.29 is 9.13 Å². The molecule has 2 aromatic rings. The van der Waals surface area contributed by atoms with Crippen LogP contribution >= 0.6 is 0 Å². The molecule has 1 aliphatic rings. The Morgan fingerprint density at radius 1 is 1.15 bits per heavy atom. The van der Waals surface area contributed by atoms with E-state index in [1.807, 2.05) is 36.4 Å². The maximum Gasteiger partial charge on any atom is 0.128 e. The number of methoxy groups -OCH3 is 1. The molecule has 1 saturated carbocycles. The van der Waals surface area contributed by atoms with E-state index in [9.17, 15) is 4.39 Å². The zero-order chi connectivity index (χ0) is 13.9. The fourth-order valence-corrected chi connectivity index (χ4v) is 2.21. The second kappa shape index (κ2) is 5.63. The molecule has 1 N–H and O–H groups in total. The predicted molar refractivity (Wildman–Crippen MR) is 78.2 cm³/mol. The third kappa shape index (κ3) is 2.99. The highest BCUT2D eigenvalue weighted by Gasteiger charge is 2.20. The number of benzene rings is 2. The SMILES string of the molecule is COc1cccc(-c2ccc(CNC3CC3)c(F)c2)c1. The molecule has 3 heteroatoms. The summed E-state index contributed by atoms with van der Waals surface area (Å²) >= 11 is 0. The molecule has 20 heavy (non-hydrogen) atoms. The number of hydrogen-bond acceptors (Lipinski definition) is 2. The van der Waals surface area contributed by atoms with Crippen LogP contribution in [-0.2, 0) is 6.54 Å². The molecule has 0 radical (unpaired) electrons. The number of rotatable bonds is 5. The van der Waals surface area contributed by atoms with Crippen molar-refractivity contribution in [1.29, 1.82) is 0 Å². The van der Waals surface area contributed by atoms with Crippen molar-refractivity contribution in [2.75, 3.05) is 7.11 Å². The Kier molecular flexibility index (Phi) is 3.70. The number of halogens is 1. The minimum absolute atomic E-state index is 0.154. The Labute approximate surface area is 118 Å². The zero-order valence-corrected chi connectivity index (χ0v) is 11.5. The topological polar surface area (TPSA) is 21.3 Å². The van der Waals surface area contributed by atoms with Gasteiger partial charge in [0, 0.05) is 18.2 Å². The minimum atomic E-state index is -0.154. The van der Waals surface area contributed by atoms with Gasteiger partial charge in [-0.2, -0.15) is 0 Å². The van der Waals surface area contributed by atoms with Gasteiger partial charge < -0.3 is 10.1 Å². The summed E-state index contributed by atoms with van der Waals surface area (Å²) in [6, 6.07) is 13.7. The number of ether oxygens (including phenoxy) is 1. The largest absolute Gasteiger partial charge is 0.497 e. The van der Waals surface area contributed by atoms with Gasteiger partial charge in [-0.25, -0.2) is 4.39 Å². The third-order valence-electron chi connectivity index (χ3n) is 3.61. The van der Waals surface area contributed by atoms with Gasteiger partial charge in [-0.05, 0) is 42.2 Å². The zero-order valence-electron chi connectivity index (χ0n) is 11.5. The molecule has 0 aliphatic heterocycles. The first kappa shape index (κ1) is 13.1. The molecule has 0 aromatic heterocycles. The van der Waals surface area contributed by atoms with E-state index < -0.39 is 0 Å². The van der Waals surface area contributed by atoms with Gasteiger partial charge in [0.15, 0.2) is 0 Å². The summed E-state index contributed by atoms with van der Waals surface area (Å²) < 4.78 is 19.3. The van der Waals surface area contributed by atoms with Crippen LogP contribution in [0.2, 0.25) is 0 Å². The first-order valence-corrected chi connectivity index (χ1v) is 6.92.